The Bertz CT molecular complexity index is 559. The Hall–Kier alpha value is -1.45. The van der Waals surface area contributed by atoms with E-state index in [1.165, 1.54) is 0 Å². The molecule has 2 heterocycles. The van der Waals surface area contributed by atoms with E-state index in [0.29, 0.717) is 6.42 Å². The number of benzene rings is 1. The second-order valence-corrected chi connectivity index (χ2v) is 6.39. The third-order valence-corrected chi connectivity index (χ3v) is 5.24. The van der Waals surface area contributed by atoms with E-state index in [1.807, 2.05) is 25.1 Å². The Morgan fingerprint density at radius 3 is 2.76 bits per heavy atom. The molecule has 4 heteroatoms. The summed E-state index contributed by atoms with van der Waals surface area (Å²) in [6.45, 7) is 3.71. The first-order valence-electron chi connectivity index (χ1n) is 7.67. The molecule has 0 aromatic heterocycles. The fraction of sp³-hybridized carbons (Fsp3) is 0.588. The van der Waals surface area contributed by atoms with Gasteiger partial charge in [-0.1, -0.05) is 36.8 Å². The predicted molar refractivity (Wildman–Crippen MR) is 77.1 cm³/mol. The summed E-state index contributed by atoms with van der Waals surface area (Å²) in [6, 6.07) is 8.00. The van der Waals surface area contributed by atoms with Gasteiger partial charge in [-0.25, -0.2) is 8.78 Å². The Morgan fingerprint density at radius 2 is 2.14 bits per heavy atom. The molecule has 1 aromatic carbocycles. The minimum atomic E-state index is -2.57. The van der Waals surface area contributed by atoms with Crippen molar-refractivity contribution >= 4 is 5.91 Å². The molecule has 0 aliphatic carbocycles. The van der Waals surface area contributed by atoms with E-state index >= 15 is 0 Å². The summed E-state index contributed by atoms with van der Waals surface area (Å²) in [5, 5.41) is 0. The van der Waals surface area contributed by atoms with Crippen LogP contribution in [-0.4, -0.2) is 23.3 Å². The normalized spacial score (nSPS) is 32.0. The highest BCUT2D eigenvalue weighted by Crippen LogP contribution is 2.52. The lowest BCUT2D eigenvalue weighted by Crippen LogP contribution is -2.40. The SMILES string of the molecule is CC[C@]1(C(F)F)C[C@@H]2CC[C@H](c3cccc(C)c3)N2C1=O. The second-order valence-electron chi connectivity index (χ2n) is 6.39. The highest BCUT2D eigenvalue weighted by molar-refractivity contribution is 5.86. The molecule has 1 amide bonds. The van der Waals surface area contributed by atoms with Crippen LogP contribution in [0.5, 0.6) is 0 Å². The van der Waals surface area contributed by atoms with Crippen molar-refractivity contribution in [3.63, 3.8) is 0 Å². The highest BCUT2D eigenvalue weighted by Gasteiger charge is 2.59. The van der Waals surface area contributed by atoms with E-state index in [-0.39, 0.29) is 24.4 Å². The van der Waals surface area contributed by atoms with Crippen LogP contribution >= 0.6 is 0 Å². The van der Waals surface area contributed by atoms with Gasteiger partial charge in [0.05, 0.1) is 6.04 Å². The van der Waals surface area contributed by atoms with Crippen molar-refractivity contribution in [3.8, 4) is 0 Å². The first-order chi connectivity index (χ1) is 9.99. The van der Waals surface area contributed by atoms with E-state index in [9.17, 15) is 13.6 Å². The quantitative estimate of drug-likeness (QED) is 0.822. The predicted octanol–water partition coefficient (Wildman–Crippen LogP) is 4.09. The van der Waals surface area contributed by atoms with E-state index in [2.05, 4.69) is 6.07 Å². The number of rotatable bonds is 3. The van der Waals surface area contributed by atoms with Crippen LogP contribution in [0.3, 0.4) is 0 Å². The molecule has 3 rings (SSSR count). The summed E-state index contributed by atoms with van der Waals surface area (Å²) >= 11 is 0. The zero-order valence-corrected chi connectivity index (χ0v) is 12.5. The fourth-order valence-electron chi connectivity index (χ4n) is 3.99. The molecule has 2 aliphatic heterocycles. The van der Waals surface area contributed by atoms with Gasteiger partial charge in [-0.15, -0.1) is 0 Å². The first-order valence-corrected chi connectivity index (χ1v) is 7.67. The molecule has 3 atom stereocenters. The molecule has 2 fully saturated rings. The lowest BCUT2D eigenvalue weighted by molar-refractivity contribution is -0.146. The summed E-state index contributed by atoms with van der Waals surface area (Å²) in [5.74, 6) is -0.339. The van der Waals surface area contributed by atoms with E-state index in [4.69, 9.17) is 0 Å². The average molecular weight is 293 g/mol. The topological polar surface area (TPSA) is 20.3 Å². The molecule has 0 spiro atoms. The largest absolute Gasteiger partial charge is 0.332 e. The highest BCUT2D eigenvalue weighted by atomic mass is 19.3. The van der Waals surface area contributed by atoms with E-state index < -0.39 is 11.8 Å². The Kier molecular flexibility index (Phi) is 3.50. The molecular weight excluding hydrogens is 272 g/mol. The van der Waals surface area contributed by atoms with Gasteiger partial charge in [0.2, 0.25) is 5.91 Å². The number of fused-ring (bicyclic) bond motifs is 1. The van der Waals surface area contributed by atoms with Crippen LogP contribution in [0.2, 0.25) is 0 Å². The van der Waals surface area contributed by atoms with Gasteiger partial charge in [0.15, 0.2) is 0 Å². The van der Waals surface area contributed by atoms with Gasteiger partial charge in [-0.3, -0.25) is 4.79 Å². The smallest absolute Gasteiger partial charge is 0.252 e. The lowest BCUT2D eigenvalue weighted by Gasteiger charge is -2.29. The standard InChI is InChI=1S/C17H21F2NO/c1-3-17(15(18)19)10-13-7-8-14(20(13)16(17)21)12-6-4-5-11(2)9-12/h4-6,9,13-15H,3,7-8,10H2,1-2H3/t13-,14+,17+/m0/s1. The zero-order valence-electron chi connectivity index (χ0n) is 12.5. The summed E-state index contributed by atoms with van der Waals surface area (Å²) in [4.78, 5) is 14.5. The number of carbonyl (C=O) groups is 1. The number of aryl methyl sites for hydroxylation is 1. The van der Waals surface area contributed by atoms with Crippen molar-refractivity contribution in [1.82, 2.24) is 4.90 Å². The Balaban J connectivity index is 1.94. The summed E-state index contributed by atoms with van der Waals surface area (Å²) in [7, 11) is 0. The number of amides is 1. The van der Waals surface area contributed by atoms with Crippen molar-refractivity contribution in [1.29, 1.82) is 0 Å². The molecule has 0 saturated carbocycles. The van der Waals surface area contributed by atoms with Crippen LogP contribution < -0.4 is 0 Å². The Labute approximate surface area is 124 Å². The van der Waals surface area contributed by atoms with Gasteiger partial charge in [0, 0.05) is 6.04 Å². The van der Waals surface area contributed by atoms with Crippen LogP contribution in [0, 0.1) is 12.3 Å². The number of alkyl halides is 2. The van der Waals surface area contributed by atoms with Crippen LogP contribution in [0.15, 0.2) is 24.3 Å². The van der Waals surface area contributed by atoms with Crippen molar-refractivity contribution in [2.75, 3.05) is 0 Å². The van der Waals surface area contributed by atoms with Gasteiger partial charge in [0.1, 0.15) is 5.41 Å². The maximum absolute atomic E-state index is 13.5. The molecule has 114 valence electrons. The molecule has 21 heavy (non-hydrogen) atoms. The second kappa shape index (κ2) is 5.08. The van der Waals surface area contributed by atoms with Gasteiger partial charge < -0.3 is 4.90 Å². The zero-order chi connectivity index (χ0) is 15.2. The number of halogens is 2. The first kappa shape index (κ1) is 14.5. The molecule has 0 unspecified atom stereocenters. The Morgan fingerprint density at radius 1 is 1.38 bits per heavy atom. The molecule has 0 N–H and O–H groups in total. The van der Waals surface area contributed by atoms with Gasteiger partial charge in [-0.2, -0.15) is 0 Å². The van der Waals surface area contributed by atoms with Crippen LogP contribution in [-0.2, 0) is 4.79 Å². The van der Waals surface area contributed by atoms with Gasteiger partial charge in [0.25, 0.3) is 6.43 Å². The van der Waals surface area contributed by atoms with E-state index in [0.717, 1.165) is 24.0 Å². The van der Waals surface area contributed by atoms with Crippen molar-refractivity contribution in [3.05, 3.63) is 35.4 Å². The number of carbonyl (C=O) groups excluding carboxylic acids is 1. The third-order valence-electron chi connectivity index (χ3n) is 5.24. The maximum atomic E-state index is 13.5. The third kappa shape index (κ3) is 2.07. The van der Waals surface area contributed by atoms with Crippen LogP contribution in [0.1, 0.15) is 49.8 Å². The van der Waals surface area contributed by atoms with Crippen molar-refractivity contribution in [2.45, 2.75) is 58.0 Å². The van der Waals surface area contributed by atoms with Crippen LogP contribution in [0.25, 0.3) is 0 Å². The van der Waals surface area contributed by atoms with Crippen molar-refractivity contribution in [2.24, 2.45) is 5.41 Å². The minimum Gasteiger partial charge on any atom is -0.332 e. The minimum absolute atomic E-state index is 0.0167. The molecule has 2 aliphatic rings. The average Bonchev–Trinajstić information content (AvgIpc) is 2.98. The fourth-order valence-corrected chi connectivity index (χ4v) is 3.99. The van der Waals surface area contributed by atoms with Crippen molar-refractivity contribution < 1.29 is 13.6 Å². The molecule has 0 radical (unpaired) electrons. The monoisotopic (exact) mass is 293 g/mol. The van der Waals surface area contributed by atoms with Gasteiger partial charge in [-0.05, 0) is 38.2 Å². The van der Waals surface area contributed by atoms with E-state index in [1.54, 1.807) is 11.8 Å². The summed E-state index contributed by atoms with van der Waals surface area (Å²) < 4.78 is 27.0. The molecule has 2 saturated heterocycles. The lowest BCUT2D eigenvalue weighted by atomic mass is 9.81. The molecule has 2 nitrogen and oxygen atoms in total. The summed E-state index contributed by atoms with van der Waals surface area (Å²) in [6.07, 6.45) is -0.333. The molecule has 0 bridgehead atoms. The number of nitrogens with zero attached hydrogens (tertiary/aromatic N) is 1. The number of hydrogen-bond acceptors (Lipinski definition) is 1. The maximum Gasteiger partial charge on any atom is 0.252 e. The molecule has 1 aromatic rings. The van der Waals surface area contributed by atoms with Gasteiger partial charge >= 0.3 is 0 Å². The van der Waals surface area contributed by atoms with Crippen LogP contribution in [0.4, 0.5) is 8.78 Å². The molecular formula is C17H21F2NO. The summed E-state index contributed by atoms with van der Waals surface area (Å²) in [5.41, 5.74) is 0.762. The number of hydrogen-bond donors (Lipinski definition) is 0.